The van der Waals surface area contributed by atoms with Crippen LogP contribution in [-0.4, -0.2) is 0 Å². The quantitative estimate of drug-likeness (QED) is 0.159. The second kappa shape index (κ2) is 12.6. The molecule has 0 aliphatic carbocycles. The average Bonchev–Trinajstić information content (AvgIpc) is 3.03. The van der Waals surface area contributed by atoms with Gasteiger partial charge in [-0.25, -0.2) is 0 Å². The zero-order valence-electron chi connectivity index (χ0n) is 23.1. The average molecular weight is 569 g/mol. The van der Waals surface area contributed by atoms with Crippen LogP contribution in [-0.2, 0) is 0 Å². The first-order chi connectivity index (χ1) is 21.1. The highest BCUT2D eigenvalue weighted by Gasteiger charge is 2.15. The summed E-state index contributed by atoms with van der Waals surface area (Å²) < 4.78 is 31.2. The molecule has 43 heavy (non-hydrogen) atoms. The van der Waals surface area contributed by atoms with Crippen LogP contribution < -0.4 is 35.2 Å². The second-order valence-corrected chi connectivity index (χ2v) is 9.44. The summed E-state index contributed by atoms with van der Waals surface area (Å²) in [6.07, 6.45) is 0. The molecule has 212 valence electrons. The maximum absolute atomic E-state index is 6.37. The van der Waals surface area contributed by atoms with Crippen molar-refractivity contribution >= 4 is 11.4 Å². The van der Waals surface area contributed by atoms with Crippen molar-refractivity contribution in [1.82, 2.24) is 0 Å². The van der Waals surface area contributed by atoms with E-state index in [2.05, 4.69) is 0 Å². The Morgan fingerprint density at radius 2 is 0.465 bits per heavy atom. The van der Waals surface area contributed by atoms with Gasteiger partial charge in [-0.1, -0.05) is 48.5 Å². The van der Waals surface area contributed by atoms with Crippen molar-refractivity contribution < 1.29 is 23.7 Å². The van der Waals surface area contributed by atoms with Gasteiger partial charge >= 0.3 is 0 Å². The van der Waals surface area contributed by atoms with E-state index in [1.807, 2.05) is 97.1 Å². The smallest absolute Gasteiger partial charge is 0.170 e. The molecule has 0 saturated heterocycles. The summed E-state index contributed by atoms with van der Waals surface area (Å²) in [5.74, 6) is 5.40. The molecule has 0 radical (unpaired) electrons. The number of hydrogen-bond donors (Lipinski definition) is 2. The maximum Gasteiger partial charge on any atom is 0.170 e. The van der Waals surface area contributed by atoms with Crippen molar-refractivity contribution in [2.75, 3.05) is 11.5 Å². The minimum atomic E-state index is 0.493. The van der Waals surface area contributed by atoms with Crippen LogP contribution in [0, 0.1) is 0 Å². The lowest BCUT2D eigenvalue weighted by Crippen LogP contribution is -1.95. The fraction of sp³-hybridized carbons (Fsp3) is 0. The molecule has 0 saturated carbocycles. The van der Waals surface area contributed by atoms with Gasteiger partial charge in [-0.3, -0.25) is 0 Å². The second-order valence-electron chi connectivity index (χ2n) is 9.44. The number of anilines is 2. The van der Waals surface area contributed by atoms with E-state index in [1.54, 1.807) is 48.5 Å². The van der Waals surface area contributed by atoms with Gasteiger partial charge in [0.2, 0.25) is 0 Å². The molecule has 0 atom stereocenters. The lowest BCUT2D eigenvalue weighted by atomic mass is 10.2. The van der Waals surface area contributed by atoms with Crippen molar-refractivity contribution in [2.24, 2.45) is 0 Å². The number of benzene rings is 6. The summed E-state index contributed by atoms with van der Waals surface area (Å²) in [4.78, 5) is 0. The molecule has 7 nitrogen and oxygen atoms in total. The van der Waals surface area contributed by atoms with Gasteiger partial charge in [0, 0.05) is 11.4 Å². The molecule has 0 amide bonds. The summed E-state index contributed by atoms with van der Waals surface area (Å²) in [6.45, 7) is 0. The summed E-state index contributed by atoms with van der Waals surface area (Å²) in [7, 11) is 0. The fourth-order valence-corrected chi connectivity index (χ4v) is 4.16. The largest absolute Gasteiger partial charge is 0.453 e. The third kappa shape index (κ3) is 6.81. The van der Waals surface area contributed by atoms with Crippen LogP contribution in [0.2, 0.25) is 0 Å². The molecule has 6 rings (SSSR count). The predicted molar refractivity (Wildman–Crippen MR) is 168 cm³/mol. The number of nitrogens with two attached hydrogens (primary N) is 2. The normalized spacial score (nSPS) is 10.5. The van der Waals surface area contributed by atoms with Gasteiger partial charge in [-0.15, -0.1) is 0 Å². The van der Waals surface area contributed by atoms with Crippen molar-refractivity contribution in [1.29, 1.82) is 0 Å². The van der Waals surface area contributed by atoms with Crippen molar-refractivity contribution in [3.8, 4) is 57.5 Å². The first-order valence-corrected chi connectivity index (χ1v) is 13.6. The van der Waals surface area contributed by atoms with Gasteiger partial charge in [0.25, 0.3) is 0 Å². The van der Waals surface area contributed by atoms with Crippen LogP contribution >= 0.6 is 0 Å². The Balaban J connectivity index is 1.23. The lowest BCUT2D eigenvalue weighted by molar-refractivity contribution is 0.375. The van der Waals surface area contributed by atoms with Crippen LogP contribution in [0.5, 0.6) is 57.5 Å². The van der Waals surface area contributed by atoms with E-state index in [-0.39, 0.29) is 0 Å². The summed E-state index contributed by atoms with van der Waals surface area (Å²) in [5, 5.41) is 0. The third-order valence-corrected chi connectivity index (χ3v) is 6.27. The van der Waals surface area contributed by atoms with E-state index in [0.717, 1.165) is 0 Å². The van der Waals surface area contributed by atoms with Crippen LogP contribution in [0.4, 0.5) is 11.4 Å². The molecule has 0 bridgehead atoms. The molecule has 0 spiro atoms. The molecule has 0 fully saturated rings. The minimum Gasteiger partial charge on any atom is -0.453 e. The van der Waals surface area contributed by atoms with Gasteiger partial charge in [0.1, 0.15) is 11.5 Å². The molecular weight excluding hydrogens is 540 g/mol. The first kappa shape index (κ1) is 27.1. The molecule has 6 aromatic rings. The highest BCUT2D eigenvalue weighted by atomic mass is 16.6. The predicted octanol–water partition coefficient (Wildman–Crippen LogP) is 9.81. The number of rotatable bonds is 10. The van der Waals surface area contributed by atoms with Gasteiger partial charge in [0.15, 0.2) is 46.0 Å². The van der Waals surface area contributed by atoms with E-state index in [0.29, 0.717) is 68.9 Å². The Hall–Kier alpha value is -6.08. The summed E-state index contributed by atoms with van der Waals surface area (Å²) in [5.41, 5.74) is 12.9. The first-order valence-electron chi connectivity index (χ1n) is 13.6. The molecule has 0 aliphatic rings. The van der Waals surface area contributed by atoms with E-state index in [9.17, 15) is 0 Å². The van der Waals surface area contributed by atoms with Gasteiger partial charge in [-0.2, -0.15) is 0 Å². The molecule has 0 aromatic heterocycles. The highest BCUT2D eigenvalue weighted by Crippen LogP contribution is 2.43. The number of para-hydroxylation sites is 8. The van der Waals surface area contributed by atoms with E-state index >= 15 is 0 Å². The Morgan fingerprint density at radius 1 is 0.256 bits per heavy atom. The van der Waals surface area contributed by atoms with Gasteiger partial charge < -0.3 is 35.2 Å². The van der Waals surface area contributed by atoms with Crippen LogP contribution in [0.25, 0.3) is 0 Å². The molecule has 7 heteroatoms. The number of nitrogen functional groups attached to an aromatic ring is 2. The zero-order chi connectivity index (χ0) is 29.4. The van der Waals surface area contributed by atoms with Crippen LogP contribution in [0.15, 0.2) is 146 Å². The molecule has 0 heterocycles. The SMILES string of the molecule is Nc1ccc(Oc2ccccc2Oc2ccccc2Oc2ccccc2Oc2ccccc2Oc2ccc(N)cc2)cc1. The molecule has 0 aliphatic heterocycles. The lowest BCUT2D eigenvalue weighted by Gasteiger charge is -2.17. The maximum atomic E-state index is 6.37. The molecule has 6 aromatic carbocycles. The molecule has 4 N–H and O–H groups in total. The number of hydrogen-bond acceptors (Lipinski definition) is 7. The van der Waals surface area contributed by atoms with Crippen LogP contribution in [0.1, 0.15) is 0 Å². The standard InChI is InChI=1S/C36H28N2O5/c37-25-17-21-27(22-18-25)39-29-9-1-3-11-31(29)41-33-13-5-7-15-35(33)43-36-16-8-6-14-34(36)42-32-12-4-2-10-30(32)40-28-23-19-26(38)20-24-28/h1-24H,37-38H2. The Kier molecular flexibility index (Phi) is 7.95. The Morgan fingerprint density at radius 3 is 0.698 bits per heavy atom. The summed E-state index contributed by atoms with van der Waals surface area (Å²) in [6, 6.07) is 44.0. The van der Waals surface area contributed by atoms with Crippen molar-refractivity contribution in [2.45, 2.75) is 0 Å². The fourth-order valence-electron chi connectivity index (χ4n) is 4.16. The third-order valence-electron chi connectivity index (χ3n) is 6.27. The topological polar surface area (TPSA) is 98.2 Å². The van der Waals surface area contributed by atoms with Crippen molar-refractivity contribution in [3.63, 3.8) is 0 Å². The zero-order valence-corrected chi connectivity index (χ0v) is 23.1. The molecular formula is C36H28N2O5. The highest BCUT2D eigenvalue weighted by molar-refractivity contribution is 5.54. The summed E-state index contributed by atoms with van der Waals surface area (Å²) >= 11 is 0. The Labute approximate surface area is 249 Å². The number of ether oxygens (including phenoxy) is 5. The Bertz CT molecular complexity index is 1690. The van der Waals surface area contributed by atoms with Gasteiger partial charge in [0.05, 0.1) is 0 Å². The van der Waals surface area contributed by atoms with Crippen LogP contribution in [0.3, 0.4) is 0 Å². The van der Waals surface area contributed by atoms with Gasteiger partial charge in [-0.05, 0) is 97.1 Å². The van der Waals surface area contributed by atoms with Crippen molar-refractivity contribution in [3.05, 3.63) is 146 Å². The van der Waals surface area contributed by atoms with E-state index in [1.165, 1.54) is 0 Å². The molecule has 0 unspecified atom stereocenters. The van der Waals surface area contributed by atoms with E-state index in [4.69, 9.17) is 35.2 Å². The minimum absolute atomic E-state index is 0.493. The van der Waals surface area contributed by atoms with E-state index < -0.39 is 0 Å². The monoisotopic (exact) mass is 568 g/mol.